The zero-order valence-electron chi connectivity index (χ0n) is 12.3. The topological polar surface area (TPSA) is 68.0 Å². The Kier molecular flexibility index (Phi) is 5.98. The number of halogens is 1. The summed E-state index contributed by atoms with van der Waals surface area (Å²) in [6, 6.07) is 0. The molecule has 1 aromatic rings. The molecule has 0 bridgehead atoms. The number of nitrogens with zero attached hydrogens (tertiary/aromatic N) is 1. The first kappa shape index (κ1) is 17.4. The highest BCUT2D eigenvalue weighted by atomic mass is 35.5. The number of hydrogen-bond donors (Lipinski definition) is 2. The van der Waals surface area contributed by atoms with Crippen LogP contribution in [0.5, 0.6) is 0 Å². The summed E-state index contributed by atoms with van der Waals surface area (Å²) in [6.45, 7) is 6.18. The largest absolute Gasteiger partial charge is 0.325 e. The molecule has 2 atom stereocenters. The van der Waals surface area contributed by atoms with Crippen molar-refractivity contribution in [2.45, 2.75) is 57.9 Å². The Morgan fingerprint density at radius 3 is 2.80 bits per heavy atom. The van der Waals surface area contributed by atoms with E-state index in [1.54, 1.807) is 0 Å². The van der Waals surface area contributed by atoms with E-state index in [1.807, 2.05) is 12.3 Å². The van der Waals surface area contributed by atoms with Crippen molar-refractivity contribution in [2.24, 2.45) is 11.7 Å². The number of anilines is 1. The molecule has 2 unspecified atom stereocenters. The van der Waals surface area contributed by atoms with Gasteiger partial charge in [-0.25, -0.2) is 4.98 Å². The standard InChI is InChI=1S/C14H23N3OS.ClH/c1-9(2)11-8-19-13(16-11)17-12(18)10-6-4-5-7-14(10,3)15;/h8-10H,4-7,15H2,1-3H3,(H,16,17,18);1H. The zero-order valence-corrected chi connectivity index (χ0v) is 13.9. The second-order valence-electron chi connectivity index (χ2n) is 6.03. The van der Waals surface area contributed by atoms with Crippen LogP contribution in [0.1, 0.15) is 58.1 Å². The van der Waals surface area contributed by atoms with Crippen molar-refractivity contribution in [3.63, 3.8) is 0 Å². The van der Waals surface area contributed by atoms with E-state index in [4.69, 9.17) is 5.73 Å². The first-order chi connectivity index (χ1) is 8.90. The molecule has 0 aromatic carbocycles. The molecule has 0 aliphatic heterocycles. The highest BCUT2D eigenvalue weighted by molar-refractivity contribution is 7.13. The van der Waals surface area contributed by atoms with Crippen LogP contribution in [0.25, 0.3) is 0 Å². The van der Waals surface area contributed by atoms with Gasteiger partial charge in [0.1, 0.15) is 0 Å². The number of carbonyl (C=O) groups is 1. The number of rotatable bonds is 3. The third-order valence-corrected chi connectivity index (χ3v) is 4.69. The summed E-state index contributed by atoms with van der Waals surface area (Å²) < 4.78 is 0. The average Bonchev–Trinajstić information content (AvgIpc) is 2.76. The first-order valence-electron chi connectivity index (χ1n) is 6.95. The summed E-state index contributed by atoms with van der Waals surface area (Å²) in [5.41, 5.74) is 6.89. The van der Waals surface area contributed by atoms with Gasteiger partial charge in [-0.15, -0.1) is 23.7 Å². The maximum atomic E-state index is 12.3. The number of nitrogens with two attached hydrogens (primary N) is 1. The molecular formula is C14H24ClN3OS. The minimum absolute atomic E-state index is 0. The van der Waals surface area contributed by atoms with E-state index in [0.717, 1.165) is 31.4 Å². The Balaban J connectivity index is 0.00000200. The molecule has 1 fully saturated rings. The fourth-order valence-corrected chi connectivity index (χ4v) is 3.47. The smallest absolute Gasteiger partial charge is 0.231 e. The molecule has 6 heteroatoms. The molecular weight excluding hydrogens is 294 g/mol. The fourth-order valence-electron chi connectivity index (χ4n) is 2.59. The van der Waals surface area contributed by atoms with Crippen LogP contribution in [0, 0.1) is 5.92 Å². The number of carbonyl (C=O) groups excluding carboxylic acids is 1. The van der Waals surface area contributed by atoms with E-state index in [9.17, 15) is 4.79 Å². The van der Waals surface area contributed by atoms with E-state index in [-0.39, 0.29) is 29.8 Å². The number of thiazole rings is 1. The summed E-state index contributed by atoms with van der Waals surface area (Å²) >= 11 is 1.49. The van der Waals surface area contributed by atoms with Gasteiger partial charge in [0.05, 0.1) is 11.6 Å². The van der Waals surface area contributed by atoms with E-state index < -0.39 is 0 Å². The van der Waals surface area contributed by atoms with Gasteiger partial charge in [-0.2, -0.15) is 0 Å². The Bertz CT molecular complexity index is 459. The molecule has 0 saturated heterocycles. The molecule has 2 rings (SSSR count). The van der Waals surface area contributed by atoms with Gasteiger partial charge in [-0.3, -0.25) is 4.79 Å². The molecule has 4 nitrogen and oxygen atoms in total. The number of nitrogens with one attached hydrogen (secondary N) is 1. The van der Waals surface area contributed by atoms with Crippen molar-refractivity contribution in [1.82, 2.24) is 4.98 Å². The van der Waals surface area contributed by atoms with Crippen molar-refractivity contribution in [1.29, 1.82) is 0 Å². The normalized spacial score (nSPS) is 26.1. The average molecular weight is 318 g/mol. The molecule has 1 amide bonds. The number of aromatic nitrogens is 1. The third-order valence-electron chi connectivity index (χ3n) is 3.91. The van der Waals surface area contributed by atoms with Gasteiger partial charge in [0.25, 0.3) is 0 Å². The van der Waals surface area contributed by atoms with Crippen LogP contribution in [0.4, 0.5) is 5.13 Å². The quantitative estimate of drug-likeness (QED) is 0.896. The second kappa shape index (κ2) is 6.87. The number of amides is 1. The lowest BCUT2D eigenvalue weighted by atomic mass is 9.74. The van der Waals surface area contributed by atoms with Crippen LogP contribution in [-0.2, 0) is 4.79 Å². The molecule has 1 heterocycles. The second-order valence-corrected chi connectivity index (χ2v) is 6.88. The van der Waals surface area contributed by atoms with Crippen molar-refractivity contribution >= 4 is 34.8 Å². The van der Waals surface area contributed by atoms with Gasteiger partial charge in [-0.1, -0.05) is 26.7 Å². The van der Waals surface area contributed by atoms with Crippen LogP contribution in [0.15, 0.2) is 5.38 Å². The molecule has 0 radical (unpaired) electrons. The third kappa shape index (κ3) is 3.93. The molecule has 1 aliphatic carbocycles. The van der Waals surface area contributed by atoms with Crippen molar-refractivity contribution in [3.8, 4) is 0 Å². The summed E-state index contributed by atoms with van der Waals surface area (Å²) in [4.78, 5) is 16.8. The summed E-state index contributed by atoms with van der Waals surface area (Å²) in [6.07, 6.45) is 3.99. The van der Waals surface area contributed by atoms with Crippen LogP contribution in [-0.4, -0.2) is 16.4 Å². The summed E-state index contributed by atoms with van der Waals surface area (Å²) in [5, 5.41) is 5.62. The molecule has 114 valence electrons. The first-order valence-corrected chi connectivity index (χ1v) is 7.83. The molecule has 3 N–H and O–H groups in total. The highest BCUT2D eigenvalue weighted by Gasteiger charge is 2.37. The van der Waals surface area contributed by atoms with Gasteiger partial charge in [0.2, 0.25) is 5.91 Å². The lowest BCUT2D eigenvalue weighted by Crippen LogP contribution is -2.51. The van der Waals surface area contributed by atoms with E-state index in [0.29, 0.717) is 11.0 Å². The van der Waals surface area contributed by atoms with Crippen LogP contribution >= 0.6 is 23.7 Å². The Morgan fingerprint density at radius 2 is 2.25 bits per heavy atom. The molecule has 1 saturated carbocycles. The van der Waals surface area contributed by atoms with E-state index in [1.165, 1.54) is 11.3 Å². The molecule has 0 spiro atoms. The highest BCUT2D eigenvalue weighted by Crippen LogP contribution is 2.33. The van der Waals surface area contributed by atoms with E-state index in [2.05, 4.69) is 24.1 Å². The summed E-state index contributed by atoms with van der Waals surface area (Å²) in [5.74, 6) is 0.304. The Hall–Kier alpha value is -0.650. The minimum Gasteiger partial charge on any atom is -0.325 e. The Morgan fingerprint density at radius 1 is 1.55 bits per heavy atom. The SMILES string of the molecule is CC(C)c1csc(NC(=O)C2CCCCC2(C)N)n1.Cl. The summed E-state index contributed by atoms with van der Waals surface area (Å²) in [7, 11) is 0. The van der Waals surface area contributed by atoms with Gasteiger partial charge in [0, 0.05) is 10.9 Å². The van der Waals surface area contributed by atoms with Crippen molar-refractivity contribution < 1.29 is 4.79 Å². The van der Waals surface area contributed by atoms with Gasteiger partial charge in [-0.05, 0) is 25.7 Å². The predicted molar refractivity (Wildman–Crippen MR) is 86.6 cm³/mol. The zero-order chi connectivity index (χ0) is 14.0. The molecule has 20 heavy (non-hydrogen) atoms. The maximum absolute atomic E-state index is 12.3. The Labute approximate surface area is 131 Å². The van der Waals surface area contributed by atoms with Crippen LogP contribution in [0.3, 0.4) is 0 Å². The molecule has 1 aromatic heterocycles. The predicted octanol–water partition coefficient (Wildman–Crippen LogP) is 3.53. The van der Waals surface area contributed by atoms with Gasteiger partial charge in [0.15, 0.2) is 5.13 Å². The van der Waals surface area contributed by atoms with Gasteiger partial charge < -0.3 is 11.1 Å². The lowest BCUT2D eigenvalue weighted by Gasteiger charge is -2.36. The maximum Gasteiger partial charge on any atom is 0.231 e. The van der Waals surface area contributed by atoms with Crippen LogP contribution < -0.4 is 11.1 Å². The molecule has 1 aliphatic rings. The van der Waals surface area contributed by atoms with Gasteiger partial charge >= 0.3 is 0 Å². The number of hydrogen-bond acceptors (Lipinski definition) is 4. The minimum atomic E-state index is -0.388. The fraction of sp³-hybridized carbons (Fsp3) is 0.714. The monoisotopic (exact) mass is 317 g/mol. The van der Waals surface area contributed by atoms with Crippen molar-refractivity contribution in [3.05, 3.63) is 11.1 Å². The van der Waals surface area contributed by atoms with E-state index >= 15 is 0 Å². The lowest BCUT2D eigenvalue weighted by molar-refractivity contribution is -0.122. The van der Waals surface area contributed by atoms with Crippen LogP contribution in [0.2, 0.25) is 0 Å². The van der Waals surface area contributed by atoms with Crippen molar-refractivity contribution in [2.75, 3.05) is 5.32 Å².